The largest absolute Gasteiger partial charge is 0.484 e. The zero-order valence-corrected chi connectivity index (χ0v) is 26.3. The van der Waals surface area contributed by atoms with Gasteiger partial charge in [-0.15, -0.1) is 11.8 Å². The Bertz CT molecular complexity index is 2030. The molecule has 1 aromatic heterocycles. The second-order valence-corrected chi connectivity index (χ2v) is 14.6. The van der Waals surface area contributed by atoms with Gasteiger partial charge in [0.25, 0.3) is 5.91 Å². The van der Waals surface area contributed by atoms with Gasteiger partial charge in [0.1, 0.15) is 11.6 Å². The van der Waals surface area contributed by atoms with Crippen molar-refractivity contribution in [1.82, 2.24) is 4.98 Å². The smallest absolute Gasteiger partial charge is 0.418 e. The van der Waals surface area contributed by atoms with E-state index in [2.05, 4.69) is 10.3 Å². The van der Waals surface area contributed by atoms with Crippen LogP contribution in [0.3, 0.4) is 0 Å². The number of halogens is 4. The van der Waals surface area contributed by atoms with E-state index in [9.17, 15) is 36.7 Å². The highest BCUT2D eigenvalue weighted by Crippen LogP contribution is 2.69. The zero-order chi connectivity index (χ0) is 33.5. The first-order valence-corrected chi connectivity index (χ1v) is 16.9. The van der Waals surface area contributed by atoms with Gasteiger partial charge < -0.3 is 15.0 Å². The van der Waals surface area contributed by atoms with Crippen molar-refractivity contribution in [2.75, 3.05) is 16.8 Å². The Hall–Kier alpha value is -4.43. The van der Waals surface area contributed by atoms with E-state index in [0.717, 1.165) is 32.7 Å². The van der Waals surface area contributed by atoms with Gasteiger partial charge in [-0.25, -0.2) is 9.29 Å². The molecule has 0 unspecified atom stereocenters. The van der Waals surface area contributed by atoms with Gasteiger partial charge in [-0.2, -0.15) is 13.2 Å². The summed E-state index contributed by atoms with van der Waals surface area (Å²) in [5, 5.41) is 3.16. The molecule has 3 fully saturated rings. The maximum atomic E-state index is 14.0. The molecule has 2 aliphatic carbocycles. The number of aromatic amines is 1. The van der Waals surface area contributed by atoms with Crippen LogP contribution in [0.4, 0.5) is 28.9 Å². The Morgan fingerprint density at radius 2 is 1.69 bits per heavy atom. The quantitative estimate of drug-likeness (QED) is 0.181. The average molecular weight is 696 g/mol. The Kier molecular flexibility index (Phi) is 7.29. The van der Waals surface area contributed by atoms with Crippen LogP contribution in [-0.2, 0) is 20.6 Å². The lowest BCUT2D eigenvalue weighted by molar-refractivity contribution is -0.137. The van der Waals surface area contributed by atoms with Crippen molar-refractivity contribution in [3.63, 3.8) is 0 Å². The number of nitrogens with one attached hydrogen (secondary N) is 2. The van der Waals surface area contributed by atoms with E-state index in [4.69, 9.17) is 4.74 Å². The van der Waals surface area contributed by atoms with Gasteiger partial charge in [0.05, 0.1) is 28.1 Å². The number of amides is 3. The van der Waals surface area contributed by atoms with Gasteiger partial charge in [-0.05, 0) is 78.3 Å². The van der Waals surface area contributed by atoms with Crippen molar-refractivity contribution >= 4 is 52.2 Å². The molecule has 2 aliphatic heterocycles. The van der Waals surface area contributed by atoms with E-state index >= 15 is 0 Å². The third-order valence-electron chi connectivity index (χ3n) is 9.89. The molecule has 1 saturated heterocycles. The summed E-state index contributed by atoms with van der Waals surface area (Å²) >= 11 is 2.55. The number of anilines is 2. The Morgan fingerprint density at radius 1 is 0.958 bits per heavy atom. The maximum Gasteiger partial charge on any atom is 0.418 e. The number of thioether (sulfide) groups is 1. The lowest BCUT2D eigenvalue weighted by Gasteiger charge is -2.43. The molecule has 7 atom stereocenters. The first kappa shape index (κ1) is 30.9. The third kappa shape index (κ3) is 4.95. The number of H-pyrrole nitrogens is 1. The molecule has 2 bridgehead atoms. The molecule has 8 rings (SSSR count). The molecule has 48 heavy (non-hydrogen) atoms. The minimum atomic E-state index is -4.75. The normalized spacial score (nSPS) is 27.1. The van der Waals surface area contributed by atoms with Gasteiger partial charge in [0, 0.05) is 21.7 Å². The number of imide groups is 1. The van der Waals surface area contributed by atoms with Crippen LogP contribution < -0.4 is 19.8 Å². The fourth-order valence-corrected chi connectivity index (χ4v) is 11.1. The standard InChI is InChI=1S/C34H25F4N3O5S2/c35-16-8-10-17(11-9-16)39-23(42)14-46-18-5-3-4-15(12-18)24-25-19-13-20(28(25)47-30-29(24)48-33(45)40-30)27-26(19)31(43)41(32(27)44)22-7-2-1-6-21(22)34(36,37)38/h1-12,19-20,24-28H,13-14H2,(H,39,42)(H,40,45)/t19-,20-,24+,25-,26+,27+,28-/m1/s1. The number of aromatic nitrogens is 1. The monoisotopic (exact) mass is 695 g/mol. The van der Waals surface area contributed by atoms with Crippen molar-refractivity contribution in [1.29, 1.82) is 0 Å². The highest BCUT2D eigenvalue weighted by molar-refractivity contribution is 8.00. The molecule has 3 aromatic carbocycles. The number of hydrogen-bond acceptors (Lipinski definition) is 7. The van der Waals surface area contributed by atoms with E-state index in [1.165, 1.54) is 54.2 Å². The molecule has 14 heteroatoms. The number of fused-ring (bicyclic) bond motifs is 9. The van der Waals surface area contributed by atoms with E-state index in [1.807, 2.05) is 6.07 Å². The van der Waals surface area contributed by atoms with Crippen LogP contribution in [0, 0.1) is 35.4 Å². The van der Waals surface area contributed by atoms with Crippen molar-refractivity contribution in [2.45, 2.75) is 28.8 Å². The molecule has 4 aliphatic rings. The van der Waals surface area contributed by atoms with Crippen LogP contribution in [0.15, 0.2) is 82.6 Å². The molecule has 0 spiro atoms. The van der Waals surface area contributed by atoms with Crippen molar-refractivity contribution in [2.24, 2.45) is 29.6 Å². The van der Waals surface area contributed by atoms with Crippen LogP contribution in [0.1, 0.15) is 28.3 Å². The van der Waals surface area contributed by atoms with Gasteiger partial charge in [-0.3, -0.25) is 19.2 Å². The second-order valence-electron chi connectivity index (χ2n) is 12.4. The van der Waals surface area contributed by atoms with Gasteiger partial charge in [0.2, 0.25) is 11.8 Å². The molecular formula is C34H25F4N3O5S2. The first-order valence-electron chi connectivity index (χ1n) is 15.2. The summed E-state index contributed by atoms with van der Waals surface area (Å²) in [7, 11) is 0. The highest BCUT2D eigenvalue weighted by atomic mass is 32.2. The summed E-state index contributed by atoms with van der Waals surface area (Å²) in [5.41, 5.74) is -0.280. The minimum absolute atomic E-state index is 0.167. The van der Waals surface area contributed by atoms with Crippen LogP contribution in [-0.4, -0.2) is 34.6 Å². The predicted molar refractivity (Wildman–Crippen MR) is 169 cm³/mol. The summed E-state index contributed by atoms with van der Waals surface area (Å²) in [6.07, 6.45) is -4.18. The predicted octanol–water partition coefficient (Wildman–Crippen LogP) is 6.29. The SMILES string of the molecule is O=C(COc1cccc([C@@H]2c3sc(=O)[nH]c3S[C@@H]3[C@@H]4C[C@@H]([C@@H]5C(=O)N(c6ccccc6C(F)(F)F)C(=O)[C@@H]45)[C@H]23)c1)Nc1ccc(F)cc1. The van der Waals surface area contributed by atoms with E-state index in [0.29, 0.717) is 22.9 Å². The summed E-state index contributed by atoms with van der Waals surface area (Å²) in [6.45, 7) is -0.323. The molecule has 0 radical (unpaired) electrons. The van der Waals surface area contributed by atoms with E-state index < -0.39 is 52.8 Å². The molecule has 246 valence electrons. The van der Waals surface area contributed by atoms with Crippen LogP contribution in [0.25, 0.3) is 0 Å². The number of nitrogens with zero attached hydrogens (tertiary/aromatic N) is 1. The Labute approximate surface area is 278 Å². The Balaban J connectivity index is 1.10. The van der Waals surface area contributed by atoms with Crippen molar-refractivity contribution in [3.8, 4) is 5.75 Å². The number of hydrogen-bond donors (Lipinski definition) is 2. The number of carbonyl (C=O) groups is 3. The fourth-order valence-electron chi connectivity index (χ4n) is 8.21. The lowest BCUT2D eigenvalue weighted by atomic mass is 9.68. The van der Waals surface area contributed by atoms with Crippen molar-refractivity contribution < 1.29 is 36.7 Å². The minimum Gasteiger partial charge on any atom is -0.484 e. The topological polar surface area (TPSA) is 109 Å². The molecular weight excluding hydrogens is 671 g/mol. The molecule has 8 nitrogen and oxygen atoms in total. The number of ether oxygens (including phenoxy) is 1. The van der Waals surface area contributed by atoms with E-state index in [1.54, 1.807) is 18.2 Å². The number of para-hydroxylation sites is 1. The fraction of sp³-hybridized carbons (Fsp3) is 0.294. The number of carbonyl (C=O) groups excluding carboxylic acids is 3. The molecule has 3 amide bonds. The number of thiazole rings is 1. The summed E-state index contributed by atoms with van der Waals surface area (Å²) in [5.74, 6) is -4.37. The summed E-state index contributed by atoms with van der Waals surface area (Å²) < 4.78 is 60.9. The Morgan fingerprint density at radius 3 is 2.44 bits per heavy atom. The van der Waals surface area contributed by atoms with E-state index in [-0.39, 0.29) is 40.4 Å². The number of benzene rings is 3. The average Bonchev–Trinajstić information content (AvgIpc) is 3.79. The maximum absolute atomic E-state index is 14.0. The van der Waals surface area contributed by atoms with Crippen LogP contribution in [0.2, 0.25) is 0 Å². The summed E-state index contributed by atoms with van der Waals surface area (Å²) in [6, 6.07) is 17.1. The van der Waals surface area contributed by atoms with Gasteiger partial charge in [-0.1, -0.05) is 35.6 Å². The highest BCUT2D eigenvalue weighted by Gasteiger charge is 2.70. The van der Waals surface area contributed by atoms with Crippen LogP contribution >= 0.6 is 23.1 Å². The van der Waals surface area contributed by atoms with Crippen molar-refractivity contribution in [3.05, 3.63) is 104 Å². The first-order chi connectivity index (χ1) is 23.0. The summed E-state index contributed by atoms with van der Waals surface area (Å²) in [4.78, 5) is 57.2. The number of alkyl halides is 3. The third-order valence-corrected chi connectivity index (χ3v) is 12.5. The van der Waals surface area contributed by atoms with Gasteiger partial charge in [0.15, 0.2) is 6.61 Å². The lowest BCUT2D eigenvalue weighted by Crippen LogP contribution is -2.42. The molecule has 2 N–H and O–H groups in total. The number of rotatable bonds is 6. The van der Waals surface area contributed by atoms with Crippen LogP contribution in [0.5, 0.6) is 5.75 Å². The van der Waals surface area contributed by atoms with Gasteiger partial charge >= 0.3 is 11.0 Å². The molecule has 2 saturated carbocycles. The molecule has 3 heterocycles. The molecule has 4 aromatic rings. The zero-order valence-electron chi connectivity index (χ0n) is 24.7. The second kappa shape index (κ2) is 11.3.